The molecule has 24 heavy (non-hydrogen) atoms. The van der Waals surface area contributed by atoms with Crippen LogP contribution in [0.3, 0.4) is 0 Å². The second kappa shape index (κ2) is 7.66. The van der Waals surface area contributed by atoms with Gasteiger partial charge in [0.25, 0.3) is 0 Å². The van der Waals surface area contributed by atoms with E-state index in [2.05, 4.69) is 31.2 Å². The van der Waals surface area contributed by atoms with Crippen LogP contribution >= 0.6 is 15.9 Å². The van der Waals surface area contributed by atoms with Gasteiger partial charge in [0.05, 0.1) is 17.1 Å². The molecule has 0 aliphatic rings. The van der Waals surface area contributed by atoms with Crippen molar-refractivity contribution in [3.05, 3.63) is 82.8 Å². The van der Waals surface area contributed by atoms with Crippen molar-refractivity contribution in [1.29, 1.82) is 0 Å². The lowest BCUT2D eigenvalue weighted by Crippen LogP contribution is -1.81. The van der Waals surface area contributed by atoms with E-state index < -0.39 is 0 Å². The number of halogens is 1. The number of benzene rings is 3. The van der Waals surface area contributed by atoms with Gasteiger partial charge >= 0.3 is 0 Å². The highest BCUT2D eigenvalue weighted by atomic mass is 79.9. The van der Waals surface area contributed by atoms with Crippen LogP contribution in [0.25, 0.3) is 0 Å². The quantitative estimate of drug-likeness (QED) is 0.418. The second-order valence-corrected chi connectivity index (χ2v) is 5.93. The van der Waals surface area contributed by atoms with Crippen molar-refractivity contribution in [2.75, 3.05) is 0 Å². The fourth-order valence-electron chi connectivity index (χ4n) is 1.99. The maximum atomic E-state index is 9.96. The number of nitrogens with zero attached hydrogens (tertiary/aromatic N) is 3. The van der Waals surface area contributed by atoms with E-state index in [-0.39, 0.29) is 5.75 Å². The van der Waals surface area contributed by atoms with Gasteiger partial charge in [-0.05, 0) is 54.6 Å². The highest BCUT2D eigenvalue weighted by Crippen LogP contribution is 2.25. The summed E-state index contributed by atoms with van der Waals surface area (Å²) in [6.45, 7) is 0. The van der Waals surface area contributed by atoms with Crippen LogP contribution in [0.15, 0.2) is 92.5 Å². The minimum absolute atomic E-state index is 0.150. The predicted octanol–water partition coefficient (Wildman–Crippen LogP) is 6.32. The van der Waals surface area contributed by atoms with Crippen LogP contribution in [-0.2, 0) is 0 Å². The molecule has 0 radical (unpaired) electrons. The van der Waals surface area contributed by atoms with Crippen molar-refractivity contribution >= 4 is 39.2 Å². The number of para-hydroxylation sites is 1. The lowest BCUT2D eigenvalue weighted by molar-refractivity contribution is 0.474. The summed E-state index contributed by atoms with van der Waals surface area (Å²) in [5.41, 5.74) is 2.81. The smallest absolute Gasteiger partial charge is 0.124 e. The first kappa shape index (κ1) is 16.1. The lowest BCUT2D eigenvalue weighted by Gasteiger charge is -2.00. The summed E-state index contributed by atoms with van der Waals surface area (Å²) in [5, 5.41) is 18.3. The normalized spacial score (nSPS) is 11.4. The number of aromatic hydroxyl groups is 1. The van der Waals surface area contributed by atoms with E-state index in [4.69, 9.17) is 0 Å². The third-order valence-corrected chi connectivity index (χ3v) is 3.76. The maximum absolute atomic E-state index is 9.96. The highest BCUT2D eigenvalue weighted by Gasteiger charge is 2.00. The summed E-state index contributed by atoms with van der Waals surface area (Å²) in [6, 6.07) is 22.1. The lowest BCUT2D eigenvalue weighted by atomic mass is 10.2. The van der Waals surface area contributed by atoms with Gasteiger partial charge in [0, 0.05) is 16.3 Å². The van der Waals surface area contributed by atoms with Crippen molar-refractivity contribution in [3.8, 4) is 5.75 Å². The van der Waals surface area contributed by atoms with Gasteiger partial charge in [-0.25, -0.2) is 0 Å². The molecule has 0 aliphatic carbocycles. The largest absolute Gasteiger partial charge is 0.507 e. The zero-order valence-corrected chi connectivity index (χ0v) is 14.3. The van der Waals surface area contributed by atoms with Gasteiger partial charge in [-0.3, -0.25) is 4.99 Å². The fourth-order valence-corrected chi connectivity index (χ4v) is 2.25. The highest BCUT2D eigenvalue weighted by molar-refractivity contribution is 9.10. The first-order chi connectivity index (χ1) is 11.7. The van der Waals surface area contributed by atoms with E-state index in [9.17, 15) is 5.11 Å². The van der Waals surface area contributed by atoms with Crippen LogP contribution < -0.4 is 0 Å². The molecule has 0 amide bonds. The molecule has 0 spiro atoms. The molecule has 118 valence electrons. The molecule has 0 saturated carbocycles. The number of rotatable bonds is 4. The monoisotopic (exact) mass is 379 g/mol. The van der Waals surface area contributed by atoms with Crippen molar-refractivity contribution in [2.45, 2.75) is 0 Å². The molecule has 1 N–H and O–H groups in total. The van der Waals surface area contributed by atoms with Crippen LogP contribution in [0, 0.1) is 0 Å². The van der Waals surface area contributed by atoms with Gasteiger partial charge in [-0.15, -0.1) is 0 Å². The Kier molecular flexibility index (Phi) is 5.13. The fraction of sp³-hybridized carbons (Fsp3) is 0. The molecule has 0 aliphatic heterocycles. The summed E-state index contributed by atoms with van der Waals surface area (Å²) in [4.78, 5) is 4.34. The number of phenols is 1. The number of hydrogen-bond donors (Lipinski definition) is 1. The van der Waals surface area contributed by atoms with E-state index in [1.165, 1.54) is 0 Å². The van der Waals surface area contributed by atoms with Gasteiger partial charge in [-0.1, -0.05) is 34.1 Å². The van der Waals surface area contributed by atoms with Crippen molar-refractivity contribution < 1.29 is 5.11 Å². The van der Waals surface area contributed by atoms with Gasteiger partial charge in [-0.2, -0.15) is 10.2 Å². The van der Waals surface area contributed by atoms with Crippen LogP contribution in [-0.4, -0.2) is 11.3 Å². The first-order valence-electron chi connectivity index (χ1n) is 7.30. The summed E-state index contributed by atoms with van der Waals surface area (Å²) >= 11 is 3.38. The Hall–Kier alpha value is -2.79. The number of azo groups is 1. The summed E-state index contributed by atoms with van der Waals surface area (Å²) in [7, 11) is 0. The molecule has 3 aromatic rings. The SMILES string of the molecule is Oc1ccc(N=Nc2ccc(Br)cc2)cc1C=Nc1ccccc1. The standard InChI is InChI=1S/C19H14BrN3O/c20-15-6-8-17(9-7-15)22-23-18-10-11-19(24)14(12-18)13-21-16-4-2-1-3-5-16/h1-13,24H. The molecule has 0 heterocycles. The Balaban J connectivity index is 1.81. The molecule has 0 bridgehead atoms. The van der Waals surface area contributed by atoms with Gasteiger partial charge in [0.1, 0.15) is 5.75 Å². The minimum atomic E-state index is 0.150. The van der Waals surface area contributed by atoms with Crippen molar-refractivity contribution in [3.63, 3.8) is 0 Å². The zero-order chi connectivity index (χ0) is 16.8. The van der Waals surface area contributed by atoms with Gasteiger partial charge < -0.3 is 5.11 Å². The van der Waals surface area contributed by atoms with Crippen LogP contribution in [0.1, 0.15) is 5.56 Å². The van der Waals surface area contributed by atoms with Crippen LogP contribution in [0.4, 0.5) is 17.1 Å². The average Bonchev–Trinajstić information content (AvgIpc) is 2.62. The molecule has 0 aromatic heterocycles. The summed E-state index contributed by atoms with van der Waals surface area (Å²) in [5.74, 6) is 0.150. The molecule has 0 atom stereocenters. The molecule has 5 heteroatoms. The summed E-state index contributed by atoms with van der Waals surface area (Å²) < 4.78 is 0.991. The van der Waals surface area contributed by atoms with Crippen molar-refractivity contribution in [2.24, 2.45) is 15.2 Å². The van der Waals surface area contributed by atoms with Crippen molar-refractivity contribution in [1.82, 2.24) is 0 Å². The van der Waals surface area contributed by atoms with Crippen LogP contribution in [0.2, 0.25) is 0 Å². The first-order valence-corrected chi connectivity index (χ1v) is 8.09. The third-order valence-electron chi connectivity index (χ3n) is 3.23. The Morgan fingerprint density at radius 2 is 1.42 bits per heavy atom. The van der Waals surface area contributed by atoms with E-state index in [1.54, 1.807) is 24.4 Å². The van der Waals surface area contributed by atoms with E-state index in [1.807, 2.05) is 54.6 Å². The maximum Gasteiger partial charge on any atom is 0.124 e. The molecule has 0 saturated heterocycles. The van der Waals surface area contributed by atoms with E-state index in [0.29, 0.717) is 11.3 Å². The number of aliphatic imine (C=N–C) groups is 1. The molecule has 0 fully saturated rings. The Labute approximate surface area is 148 Å². The van der Waals surface area contributed by atoms with Crippen LogP contribution in [0.5, 0.6) is 5.75 Å². The average molecular weight is 380 g/mol. The topological polar surface area (TPSA) is 57.3 Å². The molecule has 4 nitrogen and oxygen atoms in total. The molecule has 0 unspecified atom stereocenters. The summed E-state index contributed by atoms with van der Waals surface area (Å²) in [6.07, 6.45) is 1.61. The van der Waals surface area contributed by atoms with Gasteiger partial charge in [0.15, 0.2) is 0 Å². The molecular formula is C19H14BrN3O. The predicted molar refractivity (Wildman–Crippen MR) is 100 cm³/mol. The van der Waals surface area contributed by atoms with Gasteiger partial charge in [0.2, 0.25) is 0 Å². The zero-order valence-electron chi connectivity index (χ0n) is 12.7. The minimum Gasteiger partial charge on any atom is -0.507 e. The molecule has 3 aromatic carbocycles. The van der Waals surface area contributed by atoms with E-state index in [0.717, 1.165) is 15.8 Å². The Morgan fingerprint density at radius 3 is 2.17 bits per heavy atom. The number of hydrogen-bond acceptors (Lipinski definition) is 4. The third kappa shape index (κ3) is 4.36. The Morgan fingerprint density at radius 1 is 0.750 bits per heavy atom. The van der Waals surface area contributed by atoms with E-state index >= 15 is 0 Å². The number of phenolic OH excluding ortho intramolecular Hbond substituents is 1. The Bertz CT molecular complexity index is 875. The molecule has 3 rings (SSSR count). The second-order valence-electron chi connectivity index (χ2n) is 5.01. The molecular weight excluding hydrogens is 366 g/mol.